The Hall–Kier alpha value is -2.63. The Morgan fingerprint density at radius 3 is 2.39 bits per heavy atom. The number of nitrogens with zero attached hydrogens (tertiary/aromatic N) is 1. The number of aryl methyl sites for hydroxylation is 2. The first kappa shape index (κ1) is 20.1. The van der Waals surface area contributed by atoms with Crippen LogP contribution in [0, 0.1) is 13.8 Å². The maximum absolute atomic E-state index is 13.1. The van der Waals surface area contributed by atoms with Crippen LogP contribution in [0.5, 0.6) is 0 Å². The van der Waals surface area contributed by atoms with Gasteiger partial charge in [-0.1, -0.05) is 41.4 Å². The largest absolute Gasteiger partial charge is 0.385 e. The van der Waals surface area contributed by atoms with Crippen LogP contribution in [0.15, 0.2) is 48.2 Å². The predicted octanol–water partition coefficient (Wildman–Crippen LogP) is 4.19. The van der Waals surface area contributed by atoms with Crippen molar-refractivity contribution in [3.05, 3.63) is 69.9 Å². The normalized spacial score (nSPS) is 14.2. The summed E-state index contributed by atoms with van der Waals surface area (Å²) in [6, 6.07) is 13.0. The van der Waals surface area contributed by atoms with Gasteiger partial charge in [0, 0.05) is 31.0 Å². The number of imide groups is 1. The van der Waals surface area contributed by atoms with E-state index in [1.54, 1.807) is 13.2 Å². The smallest absolute Gasteiger partial charge is 0.278 e. The molecule has 2 aromatic carbocycles. The molecule has 0 aromatic heterocycles. The number of methoxy groups -OCH3 is 1. The van der Waals surface area contributed by atoms with Crippen molar-refractivity contribution in [3.63, 3.8) is 0 Å². The molecule has 5 nitrogen and oxygen atoms in total. The summed E-state index contributed by atoms with van der Waals surface area (Å²) in [4.78, 5) is 27.4. The monoisotopic (exact) mass is 398 g/mol. The number of ether oxygens (including phenoxy) is 1. The minimum absolute atomic E-state index is 0.289. The minimum atomic E-state index is -0.328. The molecular weight excluding hydrogens is 376 g/mol. The van der Waals surface area contributed by atoms with Crippen LogP contribution >= 0.6 is 11.6 Å². The highest BCUT2D eigenvalue weighted by atomic mass is 35.5. The molecule has 0 aliphatic carbocycles. The van der Waals surface area contributed by atoms with Gasteiger partial charge in [0.05, 0.1) is 5.57 Å². The SMILES string of the molecule is COCCCN1C(=O)C(Nc2ccc(Cl)cc2C)=C(c2ccc(C)cc2)C1=O. The van der Waals surface area contributed by atoms with Crippen molar-refractivity contribution in [2.45, 2.75) is 20.3 Å². The first-order valence-electron chi connectivity index (χ1n) is 9.12. The third kappa shape index (κ3) is 4.11. The lowest BCUT2D eigenvalue weighted by molar-refractivity contribution is -0.136. The van der Waals surface area contributed by atoms with Gasteiger partial charge in [-0.05, 0) is 49.6 Å². The molecule has 146 valence electrons. The van der Waals surface area contributed by atoms with Gasteiger partial charge >= 0.3 is 0 Å². The fourth-order valence-electron chi connectivity index (χ4n) is 3.15. The van der Waals surface area contributed by atoms with Gasteiger partial charge in [-0.25, -0.2) is 0 Å². The van der Waals surface area contributed by atoms with Gasteiger partial charge in [-0.15, -0.1) is 0 Å². The number of amides is 2. The number of hydrogen-bond acceptors (Lipinski definition) is 4. The van der Waals surface area contributed by atoms with Crippen LogP contribution in [0.2, 0.25) is 5.02 Å². The topological polar surface area (TPSA) is 58.6 Å². The number of anilines is 1. The zero-order valence-electron chi connectivity index (χ0n) is 16.2. The van der Waals surface area contributed by atoms with Crippen LogP contribution in [0.4, 0.5) is 5.69 Å². The third-order valence-corrected chi connectivity index (χ3v) is 4.92. The second-order valence-electron chi connectivity index (χ2n) is 6.81. The molecule has 2 amide bonds. The van der Waals surface area contributed by atoms with Crippen molar-refractivity contribution >= 4 is 34.7 Å². The average molecular weight is 399 g/mol. The second-order valence-corrected chi connectivity index (χ2v) is 7.25. The van der Waals surface area contributed by atoms with E-state index in [1.807, 2.05) is 50.2 Å². The summed E-state index contributed by atoms with van der Waals surface area (Å²) in [5, 5.41) is 3.79. The number of rotatable bonds is 7. The second kappa shape index (κ2) is 8.59. The van der Waals surface area contributed by atoms with E-state index in [1.165, 1.54) is 4.90 Å². The maximum Gasteiger partial charge on any atom is 0.278 e. The van der Waals surface area contributed by atoms with Gasteiger partial charge in [-0.3, -0.25) is 14.5 Å². The van der Waals surface area contributed by atoms with Crippen LogP contribution in [0.3, 0.4) is 0 Å². The van der Waals surface area contributed by atoms with Crippen molar-refractivity contribution in [2.75, 3.05) is 25.6 Å². The van der Waals surface area contributed by atoms with Gasteiger partial charge in [0.25, 0.3) is 11.8 Å². The summed E-state index contributed by atoms with van der Waals surface area (Å²) in [5.74, 6) is -0.620. The number of nitrogens with one attached hydrogen (secondary N) is 1. The molecule has 0 radical (unpaired) electrons. The highest BCUT2D eigenvalue weighted by molar-refractivity contribution is 6.36. The Morgan fingerprint density at radius 2 is 1.75 bits per heavy atom. The molecule has 1 N–H and O–H groups in total. The van der Waals surface area contributed by atoms with Crippen LogP contribution in [-0.2, 0) is 14.3 Å². The van der Waals surface area contributed by atoms with Crippen LogP contribution < -0.4 is 5.32 Å². The lowest BCUT2D eigenvalue weighted by Crippen LogP contribution is -2.34. The van der Waals surface area contributed by atoms with Gasteiger partial charge < -0.3 is 10.1 Å². The fraction of sp³-hybridized carbons (Fsp3) is 0.273. The molecule has 0 atom stereocenters. The van der Waals surface area contributed by atoms with Crippen LogP contribution in [0.25, 0.3) is 5.57 Å². The molecule has 0 unspecified atom stereocenters. The predicted molar refractivity (Wildman–Crippen MR) is 111 cm³/mol. The van der Waals surface area contributed by atoms with Crippen molar-refractivity contribution < 1.29 is 14.3 Å². The van der Waals surface area contributed by atoms with E-state index >= 15 is 0 Å². The van der Waals surface area contributed by atoms with E-state index in [0.717, 1.165) is 16.8 Å². The zero-order valence-corrected chi connectivity index (χ0v) is 17.0. The molecule has 1 heterocycles. The first-order valence-corrected chi connectivity index (χ1v) is 9.49. The summed E-state index contributed by atoms with van der Waals surface area (Å²) in [6.45, 7) is 4.67. The summed E-state index contributed by atoms with van der Waals surface area (Å²) in [6.07, 6.45) is 0.586. The summed E-state index contributed by atoms with van der Waals surface area (Å²) < 4.78 is 5.06. The number of halogens is 1. The Kier molecular flexibility index (Phi) is 6.17. The first-order chi connectivity index (χ1) is 13.4. The molecule has 1 aliphatic rings. The van der Waals surface area contributed by atoms with E-state index in [9.17, 15) is 9.59 Å². The van der Waals surface area contributed by atoms with Gasteiger partial charge in [0.15, 0.2) is 0 Å². The van der Waals surface area contributed by atoms with Crippen LogP contribution in [-0.4, -0.2) is 37.0 Å². The van der Waals surface area contributed by atoms with E-state index in [2.05, 4.69) is 5.32 Å². The molecule has 28 heavy (non-hydrogen) atoms. The lowest BCUT2D eigenvalue weighted by Gasteiger charge is -2.15. The molecule has 6 heteroatoms. The van der Waals surface area contributed by atoms with E-state index in [0.29, 0.717) is 35.7 Å². The molecule has 0 saturated heterocycles. The molecule has 0 bridgehead atoms. The number of benzene rings is 2. The highest BCUT2D eigenvalue weighted by Gasteiger charge is 2.38. The van der Waals surface area contributed by atoms with Crippen molar-refractivity contribution in [1.29, 1.82) is 0 Å². The Balaban J connectivity index is 2.01. The Labute approximate surface area is 169 Å². The Morgan fingerprint density at radius 1 is 1.04 bits per heavy atom. The van der Waals surface area contributed by atoms with Gasteiger partial charge in [0.1, 0.15) is 5.70 Å². The lowest BCUT2D eigenvalue weighted by atomic mass is 10.0. The maximum atomic E-state index is 13.1. The number of carbonyl (C=O) groups is 2. The molecule has 1 aliphatic heterocycles. The summed E-state index contributed by atoms with van der Waals surface area (Å²) in [7, 11) is 1.60. The molecule has 3 rings (SSSR count). The highest BCUT2D eigenvalue weighted by Crippen LogP contribution is 2.32. The Bertz CT molecular complexity index is 935. The van der Waals surface area contributed by atoms with Crippen molar-refractivity contribution in [3.8, 4) is 0 Å². The van der Waals surface area contributed by atoms with E-state index < -0.39 is 0 Å². The van der Waals surface area contributed by atoms with E-state index in [4.69, 9.17) is 16.3 Å². The molecule has 0 fully saturated rings. The summed E-state index contributed by atoms with van der Waals surface area (Å²) in [5.41, 5.74) is 4.10. The standard InChI is InChI=1S/C22H23ClN2O3/c1-14-5-7-16(8-6-14)19-20(24-18-10-9-17(23)13-15(18)2)22(27)25(21(19)26)11-4-12-28-3/h5-10,13,24H,4,11-12H2,1-3H3. The van der Waals surface area contributed by atoms with Gasteiger partial charge in [0.2, 0.25) is 0 Å². The van der Waals surface area contributed by atoms with Crippen molar-refractivity contribution in [1.82, 2.24) is 4.90 Å². The average Bonchev–Trinajstić information content (AvgIpc) is 2.89. The quantitative estimate of drug-likeness (QED) is 0.561. The molecular formula is C22H23ClN2O3. The number of carbonyl (C=O) groups excluding carboxylic acids is 2. The van der Waals surface area contributed by atoms with Crippen molar-refractivity contribution in [2.24, 2.45) is 0 Å². The van der Waals surface area contributed by atoms with Gasteiger partial charge in [-0.2, -0.15) is 0 Å². The summed E-state index contributed by atoms with van der Waals surface area (Å²) >= 11 is 6.04. The minimum Gasteiger partial charge on any atom is -0.385 e. The molecule has 0 saturated carbocycles. The van der Waals surface area contributed by atoms with E-state index in [-0.39, 0.29) is 17.5 Å². The molecule has 2 aromatic rings. The van der Waals surface area contributed by atoms with Crippen LogP contribution in [0.1, 0.15) is 23.1 Å². The number of hydrogen-bond donors (Lipinski definition) is 1. The molecule has 0 spiro atoms. The fourth-order valence-corrected chi connectivity index (χ4v) is 3.38. The zero-order chi connectivity index (χ0) is 20.3. The third-order valence-electron chi connectivity index (χ3n) is 4.69.